The minimum absolute atomic E-state index is 0.0544. The highest BCUT2D eigenvalue weighted by atomic mass is 35.5. The molecule has 0 bridgehead atoms. The Morgan fingerprint density at radius 1 is 1.15 bits per heavy atom. The van der Waals surface area contributed by atoms with Gasteiger partial charge in [-0.25, -0.2) is 19.6 Å². The van der Waals surface area contributed by atoms with Gasteiger partial charge in [0.15, 0.2) is 17.4 Å². The molecule has 2 heterocycles. The first-order valence-electron chi connectivity index (χ1n) is 9.20. The van der Waals surface area contributed by atoms with Crippen LogP contribution in [0.5, 0.6) is 11.5 Å². The van der Waals surface area contributed by atoms with E-state index < -0.39 is 11.8 Å². The minimum Gasteiger partial charge on any atom is -0.454 e. The van der Waals surface area contributed by atoms with Crippen LogP contribution in [0, 0.1) is 5.82 Å². The van der Waals surface area contributed by atoms with Crippen molar-refractivity contribution in [3.63, 3.8) is 0 Å². The van der Waals surface area contributed by atoms with Crippen LogP contribution in [-0.2, 0) is 0 Å². The number of carbonyl (C=O) groups is 1. The maximum atomic E-state index is 14.5. The second kappa shape index (κ2) is 10.0. The number of hydrogen-bond acceptors (Lipinski definition) is 7. The lowest BCUT2D eigenvalue weighted by Gasteiger charge is -2.10. The number of hydrogen-bond donors (Lipinski definition) is 2. The van der Waals surface area contributed by atoms with Gasteiger partial charge < -0.3 is 10.1 Å². The number of hydrazone groups is 1. The Bertz CT molecular complexity index is 1300. The normalized spacial score (nSPS) is 10.9. The molecule has 166 valence electrons. The van der Waals surface area contributed by atoms with Crippen LogP contribution in [0.4, 0.5) is 14.9 Å². The van der Waals surface area contributed by atoms with Gasteiger partial charge in [-0.15, -0.1) is 5.10 Å². The Hall–Kier alpha value is -4.09. The molecule has 0 unspecified atom stereocenters. The van der Waals surface area contributed by atoms with Crippen molar-refractivity contribution in [3.05, 3.63) is 82.5 Å². The van der Waals surface area contributed by atoms with Crippen molar-refractivity contribution < 1.29 is 13.9 Å². The molecule has 2 N–H and O–H groups in total. The fraction of sp³-hybridized carbons (Fsp3) is 0. The molecule has 0 aliphatic carbocycles. The smallest absolute Gasteiger partial charge is 0.339 e. The molecule has 0 aliphatic rings. The molecule has 2 aromatic carbocycles. The first-order valence-corrected chi connectivity index (χ1v) is 9.96. The summed E-state index contributed by atoms with van der Waals surface area (Å²) in [7, 11) is 0. The summed E-state index contributed by atoms with van der Waals surface area (Å²) in [5, 5.41) is 17.8. The number of ether oxygens (including phenoxy) is 1. The number of anilines is 1. The van der Waals surface area contributed by atoms with Gasteiger partial charge in [0.05, 0.1) is 16.3 Å². The highest BCUT2D eigenvalue weighted by Crippen LogP contribution is 2.27. The zero-order chi connectivity index (χ0) is 23.2. The maximum Gasteiger partial charge on any atom is 0.339 e. The fourth-order valence-electron chi connectivity index (χ4n) is 2.59. The standard InChI is InChI=1S/C20H13Cl2FN8O2/c21-15-2-1-3-16(22)14(15)10-25-28-20(32)27-12-4-5-18(17(23)8-12)33-13-6-7-24-19(9-13)31-11-26-29-30-31/h1-11H,(H2,27,28,32)/b25-10+. The van der Waals surface area contributed by atoms with E-state index in [1.165, 1.54) is 35.6 Å². The van der Waals surface area contributed by atoms with E-state index in [1.54, 1.807) is 30.3 Å². The Labute approximate surface area is 196 Å². The summed E-state index contributed by atoms with van der Waals surface area (Å²) in [6, 6.07) is 11.3. The van der Waals surface area contributed by atoms with Gasteiger partial charge >= 0.3 is 6.03 Å². The lowest BCUT2D eigenvalue weighted by atomic mass is 10.2. The average Bonchev–Trinajstić information content (AvgIpc) is 3.33. The first kappa shape index (κ1) is 22.1. The predicted octanol–water partition coefficient (Wildman–Crippen LogP) is 4.45. The van der Waals surface area contributed by atoms with Crippen molar-refractivity contribution in [2.45, 2.75) is 0 Å². The second-order valence-electron chi connectivity index (χ2n) is 6.31. The number of benzene rings is 2. The first-order chi connectivity index (χ1) is 16.0. The summed E-state index contributed by atoms with van der Waals surface area (Å²) in [5.74, 6) is -0.0342. The molecule has 0 spiro atoms. The number of pyridine rings is 1. The molecule has 2 aromatic heterocycles. The third-order valence-electron chi connectivity index (χ3n) is 4.08. The van der Waals surface area contributed by atoms with Crippen LogP contribution in [0.1, 0.15) is 5.56 Å². The molecule has 0 aliphatic heterocycles. The fourth-order valence-corrected chi connectivity index (χ4v) is 3.09. The van der Waals surface area contributed by atoms with Crippen LogP contribution in [0.25, 0.3) is 5.82 Å². The molecule has 4 aromatic rings. The third-order valence-corrected chi connectivity index (χ3v) is 4.74. The minimum atomic E-state index is -0.695. The number of urea groups is 1. The lowest BCUT2D eigenvalue weighted by Crippen LogP contribution is -2.24. The van der Waals surface area contributed by atoms with Crippen LogP contribution >= 0.6 is 23.2 Å². The summed E-state index contributed by atoms with van der Waals surface area (Å²) in [4.78, 5) is 16.1. The van der Waals surface area contributed by atoms with Crippen molar-refractivity contribution >= 4 is 41.1 Å². The monoisotopic (exact) mass is 486 g/mol. The average molecular weight is 487 g/mol. The van der Waals surface area contributed by atoms with Crippen LogP contribution in [0.3, 0.4) is 0 Å². The van der Waals surface area contributed by atoms with Crippen LogP contribution in [0.15, 0.2) is 66.2 Å². The summed E-state index contributed by atoms with van der Waals surface area (Å²) in [5.41, 5.74) is 2.89. The van der Waals surface area contributed by atoms with Gasteiger partial charge in [0.1, 0.15) is 12.1 Å². The number of halogens is 3. The number of carbonyl (C=O) groups excluding carboxylic acids is 1. The Morgan fingerprint density at radius 3 is 2.70 bits per heavy atom. The second-order valence-corrected chi connectivity index (χ2v) is 7.13. The van der Waals surface area contributed by atoms with Gasteiger partial charge in [-0.05, 0) is 40.8 Å². The summed E-state index contributed by atoms with van der Waals surface area (Å²) in [6.45, 7) is 0. The number of rotatable bonds is 6. The van der Waals surface area contributed by atoms with Crippen LogP contribution in [0.2, 0.25) is 10.0 Å². The number of amides is 2. The number of tetrazole rings is 1. The molecular weight excluding hydrogens is 474 g/mol. The number of nitrogens with one attached hydrogen (secondary N) is 2. The molecule has 0 saturated heterocycles. The quantitative estimate of drug-likeness (QED) is 0.306. The summed E-state index contributed by atoms with van der Waals surface area (Å²) >= 11 is 12.1. The van der Waals surface area contributed by atoms with E-state index in [0.717, 1.165) is 6.07 Å². The van der Waals surface area contributed by atoms with Gasteiger partial charge in [0.2, 0.25) is 0 Å². The highest BCUT2D eigenvalue weighted by Gasteiger charge is 2.10. The molecule has 2 amide bonds. The molecule has 4 rings (SSSR count). The topological polar surface area (TPSA) is 119 Å². The zero-order valence-corrected chi connectivity index (χ0v) is 18.0. The predicted molar refractivity (Wildman–Crippen MR) is 120 cm³/mol. The lowest BCUT2D eigenvalue weighted by molar-refractivity contribution is 0.252. The largest absolute Gasteiger partial charge is 0.454 e. The Balaban J connectivity index is 1.38. The van der Waals surface area contributed by atoms with Crippen molar-refractivity contribution in [1.82, 2.24) is 30.6 Å². The SMILES string of the molecule is O=C(N/N=C/c1c(Cl)cccc1Cl)Nc1ccc(Oc2ccnc(-n3cnnn3)c2)c(F)c1. The van der Waals surface area contributed by atoms with E-state index in [-0.39, 0.29) is 11.4 Å². The van der Waals surface area contributed by atoms with Crippen molar-refractivity contribution in [2.75, 3.05) is 5.32 Å². The molecule has 0 radical (unpaired) electrons. The van der Waals surface area contributed by atoms with E-state index in [2.05, 4.69) is 36.4 Å². The molecule has 33 heavy (non-hydrogen) atoms. The molecule has 13 heteroatoms. The third kappa shape index (κ3) is 5.59. The summed E-state index contributed by atoms with van der Waals surface area (Å²) < 4.78 is 21.4. The van der Waals surface area contributed by atoms with Gasteiger partial charge in [-0.2, -0.15) is 9.78 Å². The van der Waals surface area contributed by atoms with Crippen molar-refractivity contribution in [2.24, 2.45) is 5.10 Å². The maximum absolute atomic E-state index is 14.5. The molecular formula is C20H13Cl2FN8O2. The van der Waals surface area contributed by atoms with Gasteiger partial charge in [-0.1, -0.05) is 29.3 Å². The zero-order valence-electron chi connectivity index (χ0n) is 16.5. The van der Waals surface area contributed by atoms with Gasteiger partial charge in [0.25, 0.3) is 0 Å². The van der Waals surface area contributed by atoms with E-state index in [9.17, 15) is 9.18 Å². The van der Waals surface area contributed by atoms with E-state index >= 15 is 0 Å². The van der Waals surface area contributed by atoms with E-state index in [1.807, 2.05) is 0 Å². The molecule has 0 saturated carbocycles. The Kier molecular flexibility index (Phi) is 6.72. The van der Waals surface area contributed by atoms with E-state index in [4.69, 9.17) is 27.9 Å². The van der Waals surface area contributed by atoms with Gasteiger partial charge in [0, 0.05) is 29.6 Å². The van der Waals surface area contributed by atoms with Crippen molar-refractivity contribution in [3.8, 4) is 17.3 Å². The number of nitrogens with zero attached hydrogens (tertiary/aromatic N) is 6. The van der Waals surface area contributed by atoms with Crippen LogP contribution in [-0.4, -0.2) is 37.4 Å². The highest BCUT2D eigenvalue weighted by molar-refractivity contribution is 6.38. The van der Waals surface area contributed by atoms with Gasteiger partial charge in [-0.3, -0.25) is 0 Å². The molecule has 0 fully saturated rings. The van der Waals surface area contributed by atoms with E-state index in [0.29, 0.717) is 27.2 Å². The molecule has 10 nitrogen and oxygen atoms in total. The summed E-state index contributed by atoms with van der Waals surface area (Å²) in [6.07, 6.45) is 4.15. The van der Waals surface area contributed by atoms with Crippen LogP contribution < -0.4 is 15.5 Å². The van der Waals surface area contributed by atoms with Crippen molar-refractivity contribution in [1.29, 1.82) is 0 Å². The Morgan fingerprint density at radius 2 is 1.97 bits per heavy atom. The number of aromatic nitrogens is 5. The molecule has 0 atom stereocenters.